The molecule has 0 saturated heterocycles. The maximum atomic E-state index is 5.97. The number of nitrogens with two attached hydrogens (primary N) is 1. The Balaban J connectivity index is 2.37. The molecule has 0 spiro atoms. The van der Waals surface area contributed by atoms with Crippen LogP contribution in [-0.4, -0.2) is 9.78 Å². The van der Waals surface area contributed by atoms with Gasteiger partial charge < -0.3 is 5.73 Å². The number of anilines is 1. The van der Waals surface area contributed by atoms with Crippen molar-refractivity contribution in [2.24, 2.45) is 0 Å². The number of nitrogens with zero attached hydrogens (tertiary/aromatic N) is 2. The molecule has 2 rings (SSSR count). The minimum Gasteiger partial charge on any atom is -0.383 e. The highest BCUT2D eigenvalue weighted by molar-refractivity contribution is 9.11. The van der Waals surface area contributed by atoms with Crippen LogP contribution in [0.1, 0.15) is 11.3 Å². The Hall–Kier alpha value is -0.520. The van der Waals surface area contributed by atoms with E-state index in [0.717, 1.165) is 20.2 Å². The Morgan fingerprint density at radius 3 is 2.71 bits per heavy atom. The molecule has 0 unspecified atom stereocenters. The van der Waals surface area contributed by atoms with E-state index in [4.69, 9.17) is 17.3 Å². The monoisotopic (exact) mass is 377 g/mol. The minimum absolute atomic E-state index is 0.583. The summed E-state index contributed by atoms with van der Waals surface area (Å²) >= 11 is 12.9. The van der Waals surface area contributed by atoms with Crippen LogP contribution in [0.2, 0.25) is 5.02 Å². The highest BCUT2D eigenvalue weighted by atomic mass is 79.9. The largest absolute Gasteiger partial charge is 0.383 e. The molecule has 90 valence electrons. The predicted octanol–water partition coefficient (Wildman–Crippen LogP) is 4.00. The van der Waals surface area contributed by atoms with Crippen molar-refractivity contribution in [2.45, 2.75) is 13.5 Å². The zero-order valence-electron chi connectivity index (χ0n) is 9.04. The number of nitrogen functional groups attached to an aromatic ring is 1. The molecule has 0 aliphatic carbocycles. The van der Waals surface area contributed by atoms with E-state index in [1.807, 2.05) is 25.1 Å². The quantitative estimate of drug-likeness (QED) is 0.857. The van der Waals surface area contributed by atoms with E-state index in [2.05, 4.69) is 37.0 Å². The van der Waals surface area contributed by atoms with E-state index >= 15 is 0 Å². The van der Waals surface area contributed by atoms with E-state index in [1.165, 1.54) is 0 Å². The third kappa shape index (κ3) is 2.67. The van der Waals surface area contributed by atoms with E-state index in [1.54, 1.807) is 4.68 Å². The summed E-state index contributed by atoms with van der Waals surface area (Å²) in [4.78, 5) is 0. The molecule has 1 aromatic carbocycles. The average molecular weight is 379 g/mol. The summed E-state index contributed by atoms with van der Waals surface area (Å²) < 4.78 is 3.58. The molecule has 17 heavy (non-hydrogen) atoms. The van der Waals surface area contributed by atoms with Gasteiger partial charge in [-0.1, -0.05) is 27.5 Å². The van der Waals surface area contributed by atoms with Crippen LogP contribution in [0.25, 0.3) is 0 Å². The topological polar surface area (TPSA) is 43.8 Å². The van der Waals surface area contributed by atoms with Crippen LogP contribution in [0.4, 0.5) is 5.82 Å². The van der Waals surface area contributed by atoms with E-state index in [-0.39, 0.29) is 0 Å². The van der Waals surface area contributed by atoms with Crippen molar-refractivity contribution in [3.63, 3.8) is 0 Å². The number of halogens is 3. The fraction of sp³-hybridized carbons (Fsp3) is 0.182. The van der Waals surface area contributed by atoms with Crippen LogP contribution in [0.15, 0.2) is 27.1 Å². The predicted molar refractivity (Wildman–Crippen MR) is 77.3 cm³/mol. The fourth-order valence-corrected chi connectivity index (χ4v) is 2.37. The molecule has 0 radical (unpaired) electrons. The van der Waals surface area contributed by atoms with Gasteiger partial charge in [0, 0.05) is 9.50 Å². The molecule has 0 bridgehead atoms. The van der Waals surface area contributed by atoms with Crippen LogP contribution in [-0.2, 0) is 6.54 Å². The van der Waals surface area contributed by atoms with Crippen LogP contribution in [0.5, 0.6) is 0 Å². The van der Waals surface area contributed by atoms with Gasteiger partial charge in [-0.15, -0.1) is 0 Å². The van der Waals surface area contributed by atoms with Crippen molar-refractivity contribution >= 4 is 49.3 Å². The molecule has 0 aliphatic rings. The Bertz CT molecular complexity index is 566. The third-order valence-electron chi connectivity index (χ3n) is 2.42. The molecule has 0 amide bonds. The van der Waals surface area contributed by atoms with Gasteiger partial charge in [-0.25, -0.2) is 4.68 Å². The summed E-state index contributed by atoms with van der Waals surface area (Å²) in [5.74, 6) is 0.620. The van der Waals surface area contributed by atoms with Gasteiger partial charge in [-0.3, -0.25) is 0 Å². The molecule has 0 aliphatic heterocycles. The molecule has 0 atom stereocenters. The van der Waals surface area contributed by atoms with Crippen LogP contribution >= 0.6 is 43.5 Å². The standard InChI is InChI=1S/C11H10Br2ClN3/c1-6-10(13)11(15)17(16-6)5-7-4-8(14)2-3-9(7)12/h2-4H,5,15H2,1H3. The number of aryl methyl sites for hydroxylation is 1. The molecule has 1 aromatic heterocycles. The SMILES string of the molecule is Cc1nn(Cc2cc(Cl)ccc2Br)c(N)c1Br. The number of hydrogen-bond acceptors (Lipinski definition) is 2. The molecule has 3 nitrogen and oxygen atoms in total. The lowest BCUT2D eigenvalue weighted by Gasteiger charge is -2.07. The lowest BCUT2D eigenvalue weighted by atomic mass is 10.2. The van der Waals surface area contributed by atoms with E-state index < -0.39 is 0 Å². The van der Waals surface area contributed by atoms with Crippen LogP contribution < -0.4 is 5.73 Å². The van der Waals surface area contributed by atoms with Crippen LogP contribution in [0.3, 0.4) is 0 Å². The molecule has 0 saturated carbocycles. The Labute approximate surface area is 121 Å². The third-order valence-corrected chi connectivity index (χ3v) is 4.41. The minimum atomic E-state index is 0.583. The Morgan fingerprint density at radius 2 is 2.12 bits per heavy atom. The lowest BCUT2D eigenvalue weighted by Crippen LogP contribution is -2.06. The fourth-order valence-electron chi connectivity index (χ4n) is 1.52. The second-order valence-corrected chi connectivity index (χ2v) is 5.76. The number of aromatic nitrogens is 2. The number of benzene rings is 1. The zero-order chi connectivity index (χ0) is 12.6. The summed E-state index contributed by atoms with van der Waals surface area (Å²) in [5, 5.41) is 5.06. The highest BCUT2D eigenvalue weighted by Gasteiger charge is 2.11. The molecule has 2 aromatic rings. The van der Waals surface area contributed by atoms with Crippen molar-refractivity contribution in [1.29, 1.82) is 0 Å². The summed E-state index contributed by atoms with van der Waals surface area (Å²) in [6, 6.07) is 5.65. The molecule has 0 fully saturated rings. The normalized spacial score (nSPS) is 10.8. The van der Waals surface area contributed by atoms with Gasteiger partial charge in [-0.05, 0) is 46.6 Å². The summed E-state index contributed by atoms with van der Waals surface area (Å²) in [5.41, 5.74) is 7.86. The van der Waals surface area contributed by atoms with Crippen LogP contribution in [0, 0.1) is 6.92 Å². The molecule has 6 heteroatoms. The smallest absolute Gasteiger partial charge is 0.136 e. The Morgan fingerprint density at radius 1 is 1.41 bits per heavy atom. The highest BCUT2D eigenvalue weighted by Crippen LogP contribution is 2.26. The van der Waals surface area contributed by atoms with Gasteiger partial charge >= 0.3 is 0 Å². The molecule has 2 N–H and O–H groups in total. The van der Waals surface area contributed by atoms with Crippen molar-refractivity contribution < 1.29 is 0 Å². The van der Waals surface area contributed by atoms with Gasteiger partial charge in [0.2, 0.25) is 0 Å². The van der Waals surface area contributed by atoms with Crippen molar-refractivity contribution in [3.05, 3.63) is 43.4 Å². The first kappa shape index (κ1) is 12.9. The molecule has 1 heterocycles. The first-order valence-corrected chi connectivity index (χ1v) is 6.87. The zero-order valence-corrected chi connectivity index (χ0v) is 13.0. The molecular weight excluding hydrogens is 369 g/mol. The van der Waals surface area contributed by atoms with E-state index in [0.29, 0.717) is 17.4 Å². The van der Waals surface area contributed by atoms with Crippen molar-refractivity contribution in [3.8, 4) is 0 Å². The first-order valence-electron chi connectivity index (χ1n) is 4.91. The first-order chi connectivity index (χ1) is 7.99. The summed E-state index contributed by atoms with van der Waals surface area (Å²) in [6.07, 6.45) is 0. The molecular formula is C11H10Br2ClN3. The maximum absolute atomic E-state index is 5.97. The van der Waals surface area contributed by atoms with Gasteiger partial charge in [0.1, 0.15) is 5.82 Å². The van der Waals surface area contributed by atoms with Gasteiger partial charge in [0.25, 0.3) is 0 Å². The van der Waals surface area contributed by atoms with Crippen molar-refractivity contribution in [2.75, 3.05) is 5.73 Å². The lowest BCUT2D eigenvalue weighted by molar-refractivity contribution is 0.687. The van der Waals surface area contributed by atoms with Crippen molar-refractivity contribution in [1.82, 2.24) is 9.78 Å². The van der Waals surface area contributed by atoms with Gasteiger partial charge in [0.05, 0.1) is 16.7 Å². The Kier molecular flexibility index (Phi) is 3.80. The van der Waals surface area contributed by atoms with Gasteiger partial charge in [-0.2, -0.15) is 5.10 Å². The van der Waals surface area contributed by atoms with E-state index in [9.17, 15) is 0 Å². The second kappa shape index (κ2) is 5.00. The average Bonchev–Trinajstić information content (AvgIpc) is 2.52. The maximum Gasteiger partial charge on any atom is 0.136 e. The summed E-state index contributed by atoms with van der Waals surface area (Å²) in [6.45, 7) is 2.49. The summed E-state index contributed by atoms with van der Waals surface area (Å²) in [7, 11) is 0. The second-order valence-electron chi connectivity index (χ2n) is 3.68. The number of hydrogen-bond donors (Lipinski definition) is 1. The number of rotatable bonds is 2. The van der Waals surface area contributed by atoms with Gasteiger partial charge in [0.15, 0.2) is 0 Å².